The summed E-state index contributed by atoms with van der Waals surface area (Å²) in [7, 11) is 0. The molecular weight excluding hydrogens is 301 g/mol. The van der Waals surface area contributed by atoms with E-state index in [2.05, 4.69) is 5.32 Å². The Morgan fingerprint density at radius 2 is 2.30 bits per heavy atom. The fourth-order valence-electron chi connectivity index (χ4n) is 1.94. The maximum Gasteiger partial charge on any atom is 0.263 e. The number of thiophene rings is 1. The molecule has 0 saturated carbocycles. The normalized spacial score (nSPS) is 12.6. The van der Waals surface area contributed by atoms with Crippen molar-refractivity contribution >= 4 is 38.9 Å². The number of nitrogens with one attached hydrogen (secondary N) is 1. The maximum absolute atomic E-state index is 13.2. The summed E-state index contributed by atoms with van der Waals surface area (Å²) >= 11 is 7.36. The lowest BCUT2D eigenvalue weighted by molar-refractivity contribution is 0.0940. The summed E-state index contributed by atoms with van der Waals surface area (Å²) in [5.74, 6) is -0.610. The molecule has 0 aliphatic heterocycles. The number of hydrogen-bond donors (Lipinski definition) is 2. The van der Waals surface area contributed by atoms with Gasteiger partial charge in [0.05, 0.1) is 5.02 Å². The van der Waals surface area contributed by atoms with E-state index in [9.17, 15) is 9.18 Å². The number of fused-ring (bicyclic) bond motifs is 1. The minimum Gasteiger partial charge on any atom is -0.396 e. The predicted octanol–water partition coefficient (Wildman–Crippen LogP) is 3.58. The highest BCUT2D eigenvalue weighted by atomic mass is 35.5. The SMILES string of the molecule is CC(CCCO)NC(=O)c1sc2cc(F)ccc2c1Cl. The first kappa shape index (κ1) is 15.2. The first-order valence-electron chi connectivity index (χ1n) is 6.32. The van der Waals surface area contributed by atoms with Crippen LogP contribution in [0.2, 0.25) is 5.02 Å². The van der Waals surface area contributed by atoms with Crippen LogP contribution in [-0.2, 0) is 0 Å². The molecule has 1 atom stereocenters. The van der Waals surface area contributed by atoms with Gasteiger partial charge in [0.2, 0.25) is 0 Å². The van der Waals surface area contributed by atoms with Gasteiger partial charge in [-0.15, -0.1) is 11.3 Å². The standard InChI is InChI=1S/C14H15ClFNO2S/c1-8(3-2-6-18)17-14(19)13-12(15)10-5-4-9(16)7-11(10)20-13/h4-5,7-8,18H,2-3,6H2,1H3,(H,17,19). The first-order chi connectivity index (χ1) is 9.52. The van der Waals surface area contributed by atoms with Crippen LogP contribution in [0.4, 0.5) is 4.39 Å². The van der Waals surface area contributed by atoms with Gasteiger partial charge < -0.3 is 10.4 Å². The Bertz CT molecular complexity index is 629. The quantitative estimate of drug-likeness (QED) is 0.886. The second-order valence-electron chi connectivity index (χ2n) is 4.63. The molecule has 1 unspecified atom stereocenters. The predicted molar refractivity (Wildman–Crippen MR) is 80.0 cm³/mol. The second-order valence-corrected chi connectivity index (χ2v) is 6.06. The molecule has 0 spiro atoms. The van der Waals surface area contributed by atoms with Crippen LogP contribution >= 0.6 is 22.9 Å². The average Bonchev–Trinajstić information content (AvgIpc) is 2.73. The molecular formula is C14H15ClFNO2S. The van der Waals surface area contributed by atoms with Gasteiger partial charge in [0, 0.05) is 22.7 Å². The van der Waals surface area contributed by atoms with E-state index in [0.717, 1.165) is 0 Å². The second kappa shape index (κ2) is 6.52. The smallest absolute Gasteiger partial charge is 0.263 e. The van der Waals surface area contributed by atoms with Gasteiger partial charge in [-0.3, -0.25) is 4.79 Å². The van der Waals surface area contributed by atoms with Crippen molar-refractivity contribution in [3.63, 3.8) is 0 Å². The first-order valence-corrected chi connectivity index (χ1v) is 7.51. The third kappa shape index (κ3) is 3.29. The van der Waals surface area contributed by atoms with Crippen molar-refractivity contribution in [1.29, 1.82) is 0 Å². The van der Waals surface area contributed by atoms with Gasteiger partial charge in [0.25, 0.3) is 5.91 Å². The minimum atomic E-state index is -0.348. The van der Waals surface area contributed by atoms with Crippen molar-refractivity contribution in [2.24, 2.45) is 0 Å². The van der Waals surface area contributed by atoms with Crippen LogP contribution in [0, 0.1) is 5.82 Å². The van der Waals surface area contributed by atoms with E-state index in [1.165, 1.54) is 23.5 Å². The van der Waals surface area contributed by atoms with Crippen LogP contribution in [0.25, 0.3) is 10.1 Å². The van der Waals surface area contributed by atoms with Gasteiger partial charge in [-0.05, 0) is 38.0 Å². The number of rotatable bonds is 5. The summed E-state index contributed by atoms with van der Waals surface area (Å²) < 4.78 is 13.8. The molecule has 6 heteroatoms. The zero-order valence-electron chi connectivity index (χ0n) is 11.0. The van der Waals surface area contributed by atoms with E-state index in [1.807, 2.05) is 6.92 Å². The van der Waals surface area contributed by atoms with Gasteiger partial charge in [-0.25, -0.2) is 4.39 Å². The maximum atomic E-state index is 13.2. The Balaban J connectivity index is 2.20. The van der Waals surface area contributed by atoms with Gasteiger partial charge >= 0.3 is 0 Å². The largest absolute Gasteiger partial charge is 0.396 e. The van der Waals surface area contributed by atoms with Crippen molar-refractivity contribution in [3.05, 3.63) is 33.9 Å². The highest BCUT2D eigenvalue weighted by Gasteiger charge is 2.18. The Labute approximate surface area is 125 Å². The number of halogens is 2. The molecule has 3 nitrogen and oxygen atoms in total. The molecule has 0 radical (unpaired) electrons. The third-order valence-corrected chi connectivity index (χ3v) is 4.63. The van der Waals surface area contributed by atoms with Crippen molar-refractivity contribution < 1.29 is 14.3 Å². The molecule has 108 valence electrons. The molecule has 0 aliphatic carbocycles. The van der Waals surface area contributed by atoms with Gasteiger partial charge in [0.1, 0.15) is 10.7 Å². The monoisotopic (exact) mass is 315 g/mol. The molecule has 20 heavy (non-hydrogen) atoms. The van der Waals surface area contributed by atoms with Crippen molar-refractivity contribution in [3.8, 4) is 0 Å². The fourth-order valence-corrected chi connectivity index (χ4v) is 3.39. The van der Waals surface area contributed by atoms with Gasteiger partial charge in [-0.1, -0.05) is 11.6 Å². The van der Waals surface area contributed by atoms with Crippen molar-refractivity contribution in [2.45, 2.75) is 25.8 Å². The van der Waals surface area contributed by atoms with E-state index in [0.29, 0.717) is 32.8 Å². The van der Waals surface area contributed by atoms with E-state index >= 15 is 0 Å². The lowest BCUT2D eigenvalue weighted by atomic mass is 10.2. The van der Waals surface area contributed by atoms with E-state index in [4.69, 9.17) is 16.7 Å². The molecule has 2 rings (SSSR count). The Kier molecular flexibility index (Phi) is 4.96. The van der Waals surface area contributed by atoms with E-state index < -0.39 is 0 Å². The Hall–Kier alpha value is -1.17. The molecule has 2 aromatic rings. The van der Waals surface area contributed by atoms with Gasteiger partial charge in [0.15, 0.2) is 0 Å². The summed E-state index contributed by atoms with van der Waals surface area (Å²) in [4.78, 5) is 12.5. The Morgan fingerprint density at radius 1 is 1.55 bits per heavy atom. The van der Waals surface area contributed by atoms with Crippen LogP contribution < -0.4 is 5.32 Å². The zero-order chi connectivity index (χ0) is 14.7. The van der Waals surface area contributed by atoms with Crippen LogP contribution in [0.5, 0.6) is 0 Å². The molecule has 1 heterocycles. The molecule has 0 bridgehead atoms. The number of amides is 1. The number of aliphatic hydroxyl groups is 1. The van der Waals surface area contributed by atoms with Crippen LogP contribution in [0.15, 0.2) is 18.2 Å². The number of benzene rings is 1. The molecule has 1 aromatic carbocycles. The highest BCUT2D eigenvalue weighted by molar-refractivity contribution is 7.21. The third-order valence-electron chi connectivity index (χ3n) is 2.97. The summed E-state index contributed by atoms with van der Waals surface area (Å²) in [6.45, 7) is 1.97. The number of hydrogen-bond acceptors (Lipinski definition) is 3. The Morgan fingerprint density at radius 3 is 3.00 bits per heavy atom. The summed E-state index contributed by atoms with van der Waals surface area (Å²) in [6, 6.07) is 4.23. The fraction of sp³-hybridized carbons (Fsp3) is 0.357. The summed E-state index contributed by atoms with van der Waals surface area (Å²) in [5.41, 5.74) is 0. The zero-order valence-corrected chi connectivity index (χ0v) is 12.5. The number of aliphatic hydroxyl groups excluding tert-OH is 1. The molecule has 0 saturated heterocycles. The van der Waals surface area contributed by atoms with Crippen LogP contribution in [0.3, 0.4) is 0 Å². The van der Waals surface area contributed by atoms with Crippen molar-refractivity contribution in [1.82, 2.24) is 5.32 Å². The minimum absolute atomic E-state index is 0.0485. The van der Waals surface area contributed by atoms with Crippen LogP contribution in [-0.4, -0.2) is 23.7 Å². The lowest BCUT2D eigenvalue weighted by Crippen LogP contribution is -2.32. The van der Waals surface area contributed by atoms with Crippen molar-refractivity contribution in [2.75, 3.05) is 6.61 Å². The van der Waals surface area contributed by atoms with Crippen LogP contribution in [0.1, 0.15) is 29.4 Å². The van der Waals surface area contributed by atoms with E-state index in [1.54, 1.807) is 6.07 Å². The molecule has 2 N–H and O–H groups in total. The molecule has 0 aliphatic rings. The number of carbonyl (C=O) groups excluding carboxylic acids is 1. The lowest BCUT2D eigenvalue weighted by Gasteiger charge is -2.12. The summed E-state index contributed by atoms with van der Waals surface area (Å²) in [5, 5.41) is 12.6. The van der Waals surface area contributed by atoms with Gasteiger partial charge in [-0.2, -0.15) is 0 Å². The molecule has 0 fully saturated rings. The average molecular weight is 316 g/mol. The number of carbonyl (C=O) groups is 1. The molecule has 1 amide bonds. The topological polar surface area (TPSA) is 49.3 Å². The highest BCUT2D eigenvalue weighted by Crippen LogP contribution is 2.35. The summed E-state index contributed by atoms with van der Waals surface area (Å²) in [6.07, 6.45) is 1.33. The molecule has 1 aromatic heterocycles. The van der Waals surface area contributed by atoms with E-state index in [-0.39, 0.29) is 24.4 Å².